The van der Waals surface area contributed by atoms with Crippen LogP contribution in [-0.2, 0) is 9.59 Å². The lowest BCUT2D eigenvalue weighted by Crippen LogP contribution is -2.54. The molecule has 2 aromatic carbocycles. The van der Waals surface area contributed by atoms with Crippen molar-refractivity contribution >= 4 is 41.4 Å². The van der Waals surface area contributed by atoms with Crippen LogP contribution in [0.2, 0.25) is 0 Å². The molecular formula is C23H18N2O4S. The van der Waals surface area contributed by atoms with Gasteiger partial charge in [0.25, 0.3) is 11.8 Å². The molecule has 1 fully saturated rings. The third-order valence-electron chi connectivity index (χ3n) is 4.52. The minimum absolute atomic E-state index is 0.170. The molecule has 0 unspecified atom stereocenters. The molecule has 6 nitrogen and oxygen atoms in total. The van der Waals surface area contributed by atoms with Crippen LogP contribution in [0.3, 0.4) is 0 Å². The maximum Gasteiger partial charge on any atom is 0.335 e. The molecule has 0 aliphatic carbocycles. The first kappa shape index (κ1) is 19.7. The molecule has 4 amide bonds. The van der Waals surface area contributed by atoms with Gasteiger partial charge in [0.05, 0.1) is 5.69 Å². The summed E-state index contributed by atoms with van der Waals surface area (Å²) in [4.78, 5) is 39.4. The summed E-state index contributed by atoms with van der Waals surface area (Å²) in [6.07, 6.45) is 1.35. The standard InChI is InChI=1S/C23H18N2O4S/c1-14-3-7-16(8-4-14)25-22(27)19(21(26)24-23(25)28)13-17-9-12-20(29-17)30-18-10-5-15(2)6-11-18/h3-13H,1-2H3,(H,24,26,28). The second-order valence-corrected chi connectivity index (χ2v) is 7.94. The van der Waals surface area contributed by atoms with Crippen molar-refractivity contribution in [2.75, 3.05) is 4.90 Å². The van der Waals surface area contributed by atoms with E-state index in [9.17, 15) is 14.4 Å². The molecule has 7 heteroatoms. The molecule has 2 heterocycles. The van der Waals surface area contributed by atoms with Gasteiger partial charge in [-0.1, -0.05) is 47.2 Å². The van der Waals surface area contributed by atoms with Gasteiger partial charge in [-0.25, -0.2) is 9.69 Å². The van der Waals surface area contributed by atoms with E-state index in [1.54, 1.807) is 36.4 Å². The van der Waals surface area contributed by atoms with Crippen molar-refractivity contribution in [3.63, 3.8) is 0 Å². The summed E-state index contributed by atoms with van der Waals surface area (Å²) in [7, 11) is 0. The molecule has 0 radical (unpaired) electrons. The highest BCUT2D eigenvalue weighted by Crippen LogP contribution is 2.30. The molecule has 1 aromatic heterocycles. The second kappa shape index (κ2) is 8.04. The highest BCUT2D eigenvalue weighted by atomic mass is 32.2. The monoisotopic (exact) mass is 418 g/mol. The van der Waals surface area contributed by atoms with Crippen molar-refractivity contribution in [1.82, 2.24) is 5.32 Å². The molecule has 0 atom stereocenters. The number of nitrogens with zero attached hydrogens (tertiary/aromatic N) is 1. The summed E-state index contributed by atoms with van der Waals surface area (Å²) in [6.45, 7) is 3.92. The quantitative estimate of drug-likeness (QED) is 0.490. The van der Waals surface area contributed by atoms with E-state index < -0.39 is 17.8 Å². The van der Waals surface area contributed by atoms with Gasteiger partial charge in [-0.15, -0.1) is 0 Å². The molecule has 30 heavy (non-hydrogen) atoms. The predicted molar refractivity (Wildman–Crippen MR) is 114 cm³/mol. The van der Waals surface area contributed by atoms with Gasteiger partial charge in [0.2, 0.25) is 0 Å². The Morgan fingerprint density at radius 3 is 2.17 bits per heavy atom. The molecular weight excluding hydrogens is 400 g/mol. The average molecular weight is 418 g/mol. The Bertz CT molecular complexity index is 1160. The Kier molecular flexibility index (Phi) is 5.29. The van der Waals surface area contributed by atoms with Gasteiger partial charge in [-0.05, 0) is 56.3 Å². The summed E-state index contributed by atoms with van der Waals surface area (Å²) in [5.41, 5.74) is 2.37. The third-order valence-corrected chi connectivity index (χ3v) is 5.45. The number of anilines is 1. The zero-order valence-corrected chi connectivity index (χ0v) is 17.2. The number of urea groups is 1. The van der Waals surface area contributed by atoms with E-state index >= 15 is 0 Å². The van der Waals surface area contributed by atoms with Crippen LogP contribution < -0.4 is 10.2 Å². The average Bonchev–Trinajstić information content (AvgIpc) is 3.15. The molecule has 0 spiro atoms. The van der Waals surface area contributed by atoms with Crippen molar-refractivity contribution in [3.05, 3.63) is 83.1 Å². The number of nitrogens with one attached hydrogen (secondary N) is 1. The lowest BCUT2D eigenvalue weighted by Gasteiger charge is -2.26. The van der Waals surface area contributed by atoms with Crippen LogP contribution in [-0.4, -0.2) is 17.8 Å². The molecule has 1 aliphatic rings. The number of carbonyl (C=O) groups excluding carboxylic acids is 3. The number of benzene rings is 2. The second-order valence-electron chi connectivity index (χ2n) is 6.87. The summed E-state index contributed by atoms with van der Waals surface area (Å²) >= 11 is 1.43. The zero-order valence-electron chi connectivity index (χ0n) is 16.3. The summed E-state index contributed by atoms with van der Waals surface area (Å²) in [6, 6.07) is 17.6. The molecule has 3 aromatic rings. The van der Waals surface area contributed by atoms with Gasteiger partial charge >= 0.3 is 6.03 Å². The lowest BCUT2D eigenvalue weighted by molar-refractivity contribution is -0.122. The number of imide groups is 2. The molecule has 0 bridgehead atoms. The molecule has 1 N–H and O–H groups in total. The Morgan fingerprint density at radius 1 is 0.867 bits per heavy atom. The Hall–Kier alpha value is -3.58. The Balaban J connectivity index is 1.59. The topological polar surface area (TPSA) is 79.6 Å². The van der Waals surface area contributed by atoms with Gasteiger partial charge in [-0.2, -0.15) is 0 Å². The fourth-order valence-electron chi connectivity index (χ4n) is 2.92. The first-order valence-electron chi connectivity index (χ1n) is 9.23. The SMILES string of the molecule is Cc1ccc(Sc2ccc(C=C3C(=O)NC(=O)N(c4ccc(C)cc4)C3=O)o2)cc1. The summed E-state index contributed by atoms with van der Waals surface area (Å²) in [5, 5.41) is 2.83. The maximum atomic E-state index is 12.9. The van der Waals surface area contributed by atoms with Crippen molar-refractivity contribution in [3.8, 4) is 0 Å². The smallest absolute Gasteiger partial charge is 0.335 e. The van der Waals surface area contributed by atoms with Crippen LogP contribution in [0.4, 0.5) is 10.5 Å². The fraction of sp³-hybridized carbons (Fsp3) is 0.0870. The van der Waals surface area contributed by atoms with Crippen LogP contribution in [0.15, 0.2) is 80.6 Å². The normalized spacial score (nSPS) is 15.6. The van der Waals surface area contributed by atoms with E-state index in [0.29, 0.717) is 16.5 Å². The first-order valence-corrected chi connectivity index (χ1v) is 10.0. The molecule has 4 rings (SSSR count). The molecule has 1 aliphatic heterocycles. The van der Waals surface area contributed by atoms with Gasteiger partial charge in [0.15, 0.2) is 5.09 Å². The van der Waals surface area contributed by atoms with Crippen LogP contribution >= 0.6 is 11.8 Å². The van der Waals surface area contributed by atoms with Gasteiger partial charge < -0.3 is 4.42 Å². The molecule has 0 saturated carbocycles. The van der Waals surface area contributed by atoms with Gasteiger partial charge in [0.1, 0.15) is 11.3 Å². The predicted octanol–water partition coefficient (Wildman–Crippen LogP) is 4.71. The number of carbonyl (C=O) groups is 3. The first-order chi connectivity index (χ1) is 14.4. The lowest BCUT2D eigenvalue weighted by atomic mass is 10.1. The summed E-state index contributed by atoms with van der Waals surface area (Å²) < 4.78 is 5.75. The summed E-state index contributed by atoms with van der Waals surface area (Å²) in [5.74, 6) is -1.10. The number of furan rings is 1. The van der Waals surface area contributed by atoms with E-state index in [0.717, 1.165) is 15.4 Å². The Morgan fingerprint density at radius 2 is 1.50 bits per heavy atom. The van der Waals surface area contributed by atoms with E-state index in [2.05, 4.69) is 5.32 Å². The van der Waals surface area contributed by atoms with Crippen LogP contribution in [0, 0.1) is 13.8 Å². The van der Waals surface area contributed by atoms with Crippen LogP contribution in [0.1, 0.15) is 16.9 Å². The maximum absolute atomic E-state index is 12.9. The third kappa shape index (κ3) is 4.06. The fourth-order valence-corrected chi connectivity index (χ4v) is 3.70. The van der Waals surface area contributed by atoms with E-state index in [4.69, 9.17) is 4.42 Å². The van der Waals surface area contributed by atoms with Crippen LogP contribution in [0.25, 0.3) is 6.08 Å². The van der Waals surface area contributed by atoms with E-state index in [1.807, 2.05) is 38.1 Å². The van der Waals surface area contributed by atoms with Crippen LogP contribution in [0.5, 0.6) is 0 Å². The van der Waals surface area contributed by atoms with Gasteiger partial charge in [0, 0.05) is 4.90 Å². The largest absolute Gasteiger partial charge is 0.450 e. The number of hydrogen-bond acceptors (Lipinski definition) is 5. The van der Waals surface area contributed by atoms with Crippen molar-refractivity contribution < 1.29 is 18.8 Å². The van der Waals surface area contributed by atoms with E-state index in [-0.39, 0.29) is 5.57 Å². The number of barbiturate groups is 1. The highest BCUT2D eigenvalue weighted by molar-refractivity contribution is 7.99. The van der Waals surface area contributed by atoms with Crippen molar-refractivity contribution in [2.45, 2.75) is 23.8 Å². The number of hydrogen-bond donors (Lipinski definition) is 1. The number of amides is 4. The Labute approximate surface area is 177 Å². The van der Waals surface area contributed by atoms with Crippen molar-refractivity contribution in [1.29, 1.82) is 0 Å². The minimum Gasteiger partial charge on any atom is -0.450 e. The van der Waals surface area contributed by atoms with Gasteiger partial charge in [-0.3, -0.25) is 14.9 Å². The number of rotatable bonds is 4. The molecule has 150 valence electrons. The zero-order chi connectivity index (χ0) is 21.3. The number of aryl methyl sites for hydroxylation is 2. The minimum atomic E-state index is -0.777. The molecule has 1 saturated heterocycles. The highest BCUT2D eigenvalue weighted by Gasteiger charge is 2.37. The van der Waals surface area contributed by atoms with E-state index in [1.165, 1.54) is 23.4 Å². The van der Waals surface area contributed by atoms with Crippen molar-refractivity contribution in [2.24, 2.45) is 0 Å².